The van der Waals surface area contributed by atoms with E-state index >= 15 is 0 Å². The lowest BCUT2D eigenvalue weighted by atomic mass is 9.74. The van der Waals surface area contributed by atoms with Gasteiger partial charge < -0.3 is 19.5 Å². The predicted molar refractivity (Wildman–Crippen MR) is 132 cm³/mol. The molecule has 0 atom stereocenters. The summed E-state index contributed by atoms with van der Waals surface area (Å²) < 4.78 is 18.2. The number of aromatic nitrogens is 2. The van der Waals surface area contributed by atoms with Crippen molar-refractivity contribution in [2.24, 2.45) is 0 Å². The van der Waals surface area contributed by atoms with Crippen LogP contribution in [0.1, 0.15) is 48.1 Å². The number of aryl methyl sites for hydroxylation is 3. The number of ether oxygens (including phenoxy) is 3. The van der Waals surface area contributed by atoms with Crippen LogP contribution in [0.25, 0.3) is 10.2 Å². The summed E-state index contributed by atoms with van der Waals surface area (Å²) in [5.74, 6) is 1.43. The monoisotopic (exact) mass is 495 g/mol. The molecule has 2 aliphatic heterocycles. The summed E-state index contributed by atoms with van der Waals surface area (Å²) in [5.41, 5.74) is 2.06. The van der Waals surface area contributed by atoms with Gasteiger partial charge in [-0.3, -0.25) is 14.2 Å². The first-order valence-corrected chi connectivity index (χ1v) is 13.2. The first-order chi connectivity index (χ1) is 17.1. The van der Waals surface area contributed by atoms with E-state index in [0.29, 0.717) is 26.3 Å². The van der Waals surface area contributed by atoms with Crippen LogP contribution in [0.2, 0.25) is 0 Å². The fraction of sp³-hybridized carbons (Fsp3) is 0.500. The maximum Gasteiger partial charge on any atom is 0.262 e. The van der Waals surface area contributed by atoms with Crippen LogP contribution in [0.3, 0.4) is 0 Å². The highest BCUT2D eigenvalue weighted by Crippen LogP contribution is 2.40. The highest BCUT2D eigenvalue weighted by atomic mass is 32.1. The van der Waals surface area contributed by atoms with Gasteiger partial charge in [-0.05, 0) is 61.8 Å². The predicted octanol–water partition coefficient (Wildman–Crippen LogP) is 3.32. The summed E-state index contributed by atoms with van der Waals surface area (Å²) in [5, 5.41) is 3.89. The molecule has 3 aromatic rings. The molecule has 1 saturated heterocycles. The van der Waals surface area contributed by atoms with E-state index in [9.17, 15) is 9.59 Å². The van der Waals surface area contributed by atoms with Gasteiger partial charge in [-0.2, -0.15) is 0 Å². The highest BCUT2D eigenvalue weighted by Gasteiger charge is 2.36. The summed E-state index contributed by atoms with van der Waals surface area (Å²) in [6.45, 7) is 2.37. The molecular formula is C26H29N3O5S. The lowest BCUT2D eigenvalue weighted by Gasteiger charge is -2.38. The third-order valence-corrected chi connectivity index (χ3v) is 8.78. The van der Waals surface area contributed by atoms with Crippen molar-refractivity contribution in [3.8, 4) is 11.5 Å². The zero-order valence-corrected chi connectivity index (χ0v) is 20.5. The van der Waals surface area contributed by atoms with E-state index in [-0.39, 0.29) is 30.1 Å². The minimum absolute atomic E-state index is 0.0246. The fourth-order valence-electron chi connectivity index (χ4n) is 5.47. The van der Waals surface area contributed by atoms with Gasteiger partial charge in [-0.1, -0.05) is 6.07 Å². The molecule has 0 saturated carbocycles. The normalized spacial score (nSPS) is 18.4. The van der Waals surface area contributed by atoms with E-state index in [1.165, 1.54) is 16.9 Å². The molecular weight excluding hydrogens is 466 g/mol. The topological polar surface area (TPSA) is 91.7 Å². The van der Waals surface area contributed by atoms with E-state index in [1.54, 1.807) is 22.2 Å². The van der Waals surface area contributed by atoms with Crippen molar-refractivity contribution in [3.63, 3.8) is 0 Å². The van der Waals surface area contributed by atoms with Gasteiger partial charge in [-0.15, -0.1) is 11.3 Å². The van der Waals surface area contributed by atoms with E-state index in [1.807, 2.05) is 12.1 Å². The molecule has 1 amide bonds. The molecule has 3 aliphatic rings. The van der Waals surface area contributed by atoms with Crippen molar-refractivity contribution in [3.05, 3.63) is 50.9 Å². The van der Waals surface area contributed by atoms with E-state index in [2.05, 4.69) is 16.4 Å². The first-order valence-electron chi connectivity index (χ1n) is 12.4. The summed E-state index contributed by atoms with van der Waals surface area (Å²) >= 11 is 1.64. The number of fused-ring (bicyclic) bond motifs is 4. The van der Waals surface area contributed by atoms with Crippen LogP contribution >= 0.6 is 11.3 Å². The number of thiophene rings is 1. The van der Waals surface area contributed by atoms with E-state index in [4.69, 9.17) is 14.2 Å². The van der Waals surface area contributed by atoms with Crippen LogP contribution in [0.15, 0.2) is 29.3 Å². The Morgan fingerprint density at radius 1 is 1.14 bits per heavy atom. The highest BCUT2D eigenvalue weighted by molar-refractivity contribution is 7.18. The van der Waals surface area contributed by atoms with Gasteiger partial charge >= 0.3 is 0 Å². The summed E-state index contributed by atoms with van der Waals surface area (Å²) in [6.07, 6.45) is 7.72. The van der Waals surface area contributed by atoms with Gasteiger partial charge in [0, 0.05) is 43.0 Å². The Kier molecular flexibility index (Phi) is 5.98. The third-order valence-electron chi connectivity index (χ3n) is 7.58. The Hall–Kier alpha value is -2.91. The molecule has 1 aromatic carbocycles. The lowest BCUT2D eigenvalue weighted by Crippen LogP contribution is -2.44. The van der Waals surface area contributed by atoms with Gasteiger partial charge in [0.2, 0.25) is 12.7 Å². The van der Waals surface area contributed by atoms with E-state index < -0.39 is 0 Å². The number of amides is 1. The standard InChI is InChI=1S/C26H29N3O5S/c30-22(7-10-29-15-28-24-23(25(29)31)18-3-1-2-4-21(18)35-24)27-14-26(8-11-32-12-9-26)17-5-6-19-20(13-17)34-16-33-19/h5-6,13,15H,1-4,7-12,14,16H2,(H,27,30). The molecule has 1 fully saturated rings. The minimum atomic E-state index is -0.220. The number of rotatable bonds is 6. The molecule has 0 bridgehead atoms. The molecule has 8 nitrogen and oxygen atoms in total. The quantitative estimate of drug-likeness (QED) is 0.564. The molecule has 2 aromatic heterocycles. The number of hydrogen-bond donors (Lipinski definition) is 1. The second-order valence-electron chi connectivity index (χ2n) is 9.62. The largest absolute Gasteiger partial charge is 0.454 e. The third kappa shape index (κ3) is 4.21. The van der Waals surface area contributed by atoms with Crippen LogP contribution in [-0.2, 0) is 34.3 Å². The van der Waals surface area contributed by atoms with Gasteiger partial charge in [0.05, 0.1) is 11.7 Å². The second-order valence-corrected chi connectivity index (χ2v) is 10.7. The summed E-state index contributed by atoms with van der Waals surface area (Å²) in [4.78, 5) is 32.7. The zero-order valence-electron chi connectivity index (χ0n) is 19.6. The van der Waals surface area contributed by atoms with Crippen LogP contribution in [-0.4, -0.2) is 42.0 Å². The maximum atomic E-state index is 13.2. The van der Waals surface area contributed by atoms with Crippen LogP contribution in [0.4, 0.5) is 0 Å². The minimum Gasteiger partial charge on any atom is -0.454 e. The van der Waals surface area contributed by atoms with Crippen molar-refractivity contribution >= 4 is 27.5 Å². The molecule has 9 heteroatoms. The molecule has 0 radical (unpaired) electrons. The van der Waals surface area contributed by atoms with Crippen LogP contribution in [0, 0.1) is 0 Å². The summed E-state index contributed by atoms with van der Waals surface area (Å²) in [7, 11) is 0. The van der Waals surface area contributed by atoms with Crippen molar-refractivity contribution in [1.29, 1.82) is 0 Å². The zero-order chi connectivity index (χ0) is 23.8. The Balaban J connectivity index is 1.15. The number of benzene rings is 1. The average molecular weight is 496 g/mol. The van der Waals surface area contributed by atoms with Gasteiger partial charge in [0.25, 0.3) is 5.56 Å². The Morgan fingerprint density at radius 3 is 2.86 bits per heavy atom. The Morgan fingerprint density at radius 2 is 1.97 bits per heavy atom. The van der Waals surface area contributed by atoms with Crippen molar-refractivity contribution in [2.45, 2.75) is 56.9 Å². The van der Waals surface area contributed by atoms with Crippen molar-refractivity contribution in [1.82, 2.24) is 14.9 Å². The molecule has 0 unspecified atom stereocenters. The van der Waals surface area contributed by atoms with Crippen molar-refractivity contribution < 1.29 is 19.0 Å². The number of nitrogens with zero attached hydrogens (tertiary/aromatic N) is 2. The van der Waals surface area contributed by atoms with E-state index in [0.717, 1.165) is 59.4 Å². The number of nitrogens with one attached hydrogen (secondary N) is 1. The van der Waals surface area contributed by atoms with Crippen molar-refractivity contribution in [2.75, 3.05) is 26.6 Å². The Labute approximate surface area is 207 Å². The number of carbonyl (C=O) groups excluding carboxylic acids is 1. The van der Waals surface area contributed by atoms with Gasteiger partial charge in [0.15, 0.2) is 11.5 Å². The average Bonchev–Trinajstić information content (AvgIpc) is 3.52. The molecule has 35 heavy (non-hydrogen) atoms. The molecule has 1 N–H and O–H groups in total. The maximum absolute atomic E-state index is 13.2. The van der Waals surface area contributed by atoms with Crippen LogP contribution in [0.5, 0.6) is 11.5 Å². The molecule has 4 heterocycles. The number of carbonyl (C=O) groups is 1. The van der Waals surface area contributed by atoms with Gasteiger partial charge in [-0.25, -0.2) is 4.98 Å². The molecule has 6 rings (SSSR count). The second kappa shape index (κ2) is 9.28. The smallest absolute Gasteiger partial charge is 0.262 e. The molecule has 1 aliphatic carbocycles. The number of hydrogen-bond acceptors (Lipinski definition) is 7. The molecule has 184 valence electrons. The first kappa shape index (κ1) is 22.5. The van der Waals surface area contributed by atoms with Gasteiger partial charge in [0.1, 0.15) is 4.83 Å². The summed E-state index contributed by atoms with van der Waals surface area (Å²) in [6, 6.07) is 6.03. The molecule has 0 spiro atoms. The lowest BCUT2D eigenvalue weighted by molar-refractivity contribution is -0.121. The SMILES string of the molecule is O=C(CCn1cnc2sc3c(c2c1=O)CCCC3)NCC1(c2ccc3c(c2)OCO3)CCOCC1. The fourth-order valence-corrected chi connectivity index (χ4v) is 6.69. The Bertz CT molecular complexity index is 1320. The van der Waals surface area contributed by atoms with Crippen LogP contribution < -0.4 is 20.3 Å².